The number of piperidine rings is 1. The molecule has 1 aromatic heterocycles. The summed E-state index contributed by atoms with van der Waals surface area (Å²) in [5.74, 6) is -0.600. The molecule has 2 amide bonds. The minimum Gasteiger partial charge on any atom is -0.347 e. The summed E-state index contributed by atoms with van der Waals surface area (Å²) >= 11 is 0. The van der Waals surface area contributed by atoms with E-state index in [0.717, 1.165) is 6.42 Å². The molecule has 2 aliphatic heterocycles. The van der Waals surface area contributed by atoms with Gasteiger partial charge in [0.1, 0.15) is 5.69 Å². The molecule has 0 aliphatic carbocycles. The predicted octanol–water partition coefficient (Wildman–Crippen LogP) is 1.08. The lowest BCUT2D eigenvalue weighted by atomic mass is 10.0. The molecule has 0 atom stereocenters. The predicted molar refractivity (Wildman–Crippen MR) is 93.3 cm³/mol. The molecule has 0 saturated carbocycles. The first-order valence-corrected chi connectivity index (χ1v) is 9.24. The Kier molecular flexibility index (Phi) is 6.16. The third-order valence-electron chi connectivity index (χ3n) is 4.85. The molecule has 0 bridgehead atoms. The number of likely N-dealkylation sites (tertiary alicyclic amines) is 1. The van der Waals surface area contributed by atoms with Gasteiger partial charge in [0.25, 0.3) is 5.91 Å². The molecule has 3 heterocycles. The lowest BCUT2D eigenvalue weighted by Crippen LogP contribution is -2.48. The van der Waals surface area contributed by atoms with E-state index in [9.17, 15) is 9.59 Å². The number of hydrogen-bond donors (Lipinski definition) is 0. The lowest BCUT2D eigenvalue weighted by molar-refractivity contribution is -0.187. The van der Waals surface area contributed by atoms with Crippen LogP contribution in [-0.4, -0.2) is 76.8 Å². The van der Waals surface area contributed by atoms with Crippen LogP contribution >= 0.6 is 0 Å². The molecule has 142 valence electrons. The number of nitrogens with zero attached hydrogens (tertiary/aromatic N) is 4. The normalized spacial score (nSPS) is 18.9. The zero-order valence-electron chi connectivity index (χ0n) is 15.2. The Morgan fingerprint density at radius 2 is 1.92 bits per heavy atom. The second-order valence-electron chi connectivity index (χ2n) is 6.62. The van der Waals surface area contributed by atoms with E-state index in [4.69, 9.17) is 9.47 Å². The maximum atomic E-state index is 12.6. The Bertz CT molecular complexity index is 609. The van der Waals surface area contributed by atoms with Gasteiger partial charge >= 0.3 is 0 Å². The van der Waals surface area contributed by atoms with Gasteiger partial charge in [-0.1, -0.05) is 6.92 Å². The number of carbonyl (C=O) groups is 2. The third-order valence-corrected chi connectivity index (χ3v) is 4.85. The molecule has 2 fully saturated rings. The number of aromatic nitrogens is 2. The highest BCUT2D eigenvalue weighted by molar-refractivity contribution is 5.92. The highest BCUT2D eigenvalue weighted by Gasteiger charge is 2.40. The zero-order valence-corrected chi connectivity index (χ0v) is 15.2. The van der Waals surface area contributed by atoms with Crippen LogP contribution in [0.4, 0.5) is 0 Å². The summed E-state index contributed by atoms with van der Waals surface area (Å²) in [4.78, 5) is 36.6. The van der Waals surface area contributed by atoms with Gasteiger partial charge in [0.15, 0.2) is 5.79 Å². The summed E-state index contributed by atoms with van der Waals surface area (Å²) in [5.41, 5.74) is 0.309. The first-order valence-electron chi connectivity index (χ1n) is 9.24. The van der Waals surface area contributed by atoms with Crippen LogP contribution in [0.5, 0.6) is 0 Å². The molecule has 8 nitrogen and oxygen atoms in total. The van der Waals surface area contributed by atoms with Crippen LogP contribution in [0.3, 0.4) is 0 Å². The summed E-state index contributed by atoms with van der Waals surface area (Å²) in [5, 5.41) is 0. The van der Waals surface area contributed by atoms with Crippen molar-refractivity contribution in [1.82, 2.24) is 19.8 Å². The van der Waals surface area contributed by atoms with Gasteiger partial charge in [0.2, 0.25) is 5.91 Å². The quantitative estimate of drug-likeness (QED) is 0.753. The van der Waals surface area contributed by atoms with E-state index in [-0.39, 0.29) is 11.8 Å². The van der Waals surface area contributed by atoms with E-state index in [1.54, 1.807) is 4.90 Å². The summed E-state index contributed by atoms with van der Waals surface area (Å²) in [6, 6.07) is 0. The molecule has 1 aromatic rings. The van der Waals surface area contributed by atoms with Crippen LogP contribution in [-0.2, 0) is 14.3 Å². The van der Waals surface area contributed by atoms with Crippen molar-refractivity contribution < 1.29 is 19.1 Å². The summed E-state index contributed by atoms with van der Waals surface area (Å²) in [6.07, 6.45) is 7.02. The average molecular weight is 362 g/mol. The summed E-state index contributed by atoms with van der Waals surface area (Å²) < 4.78 is 11.4. The SMILES string of the molecule is CCCN(CCC(=O)N1CCC2(CC1)OCCO2)C(=O)c1cnccn1. The minimum absolute atomic E-state index is 0.0610. The first-order chi connectivity index (χ1) is 12.6. The standard InChI is InChI=1S/C18H26N4O4/c1-2-8-22(17(24)15-14-19-6-7-20-15)9-3-16(23)21-10-4-18(5-11-21)25-12-13-26-18/h6-7,14H,2-5,8-13H2,1H3. The highest BCUT2D eigenvalue weighted by Crippen LogP contribution is 2.31. The Hall–Kier alpha value is -2.06. The van der Waals surface area contributed by atoms with E-state index in [1.807, 2.05) is 11.8 Å². The van der Waals surface area contributed by atoms with Crippen LogP contribution in [0.2, 0.25) is 0 Å². The molecule has 0 N–H and O–H groups in total. The number of carbonyl (C=O) groups excluding carboxylic acids is 2. The van der Waals surface area contributed by atoms with Gasteiger partial charge < -0.3 is 19.3 Å². The van der Waals surface area contributed by atoms with Crippen LogP contribution in [0, 0.1) is 0 Å². The van der Waals surface area contributed by atoms with E-state index >= 15 is 0 Å². The molecule has 1 spiro atoms. The van der Waals surface area contributed by atoms with Crippen molar-refractivity contribution in [2.24, 2.45) is 0 Å². The maximum Gasteiger partial charge on any atom is 0.274 e. The Balaban J connectivity index is 1.51. The lowest BCUT2D eigenvalue weighted by Gasteiger charge is -2.37. The van der Waals surface area contributed by atoms with Gasteiger partial charge in [-0.05, 0) is 6.42 Å². The third kappa shape index (κ3) is 4.37. The van der Waals surface area contributed by atoms with Gasteiger partial charge in [0.05, 0.1) is 19.4 Å². The van der Waals surface area contributed by atoms with Gasteiger partial charge in [-0.3, -0.25) is 14.6 Å². The van der Waals surface area contributed by atoms with Crippen molar-refractivity contribution in [1.29, 1.82) is 0 Å². The number of amides is 2. The molecule has 2 aliphatic rings. The van der Waals surface area contributed by atoms with E-state index in [0.29, 0.717) is 64.3 Å². The van der Waals surface area contributed by atoms with Gasteiger partial charge in [-0.2, -0.15) is 0 Å². The van der Waals surface area contributed by atoms with Crippen LogP contribution in [0.1, 0.15) is 43.1 Å². The smallest absolute Gasteiger partial charge is 0.274 e. The van der Waals surface area contributed by atoms with Crippen molar-refractivity contribution in [2.45, 2.75) is 38.4 Å². The zero-order chi connectivity index (χ0) is 18.4. The van der Waals surface area contributed by atoms with Crippen LogP contribution < -0.4 is 0 Å². The molecule has 3 rings (SSSR count). The molecular weight excluding hydrogens is 336 g/mol. The summed E-state index contributed by atoms with van der Waals surface area (Å²) in [6.45, 7) is 5.50. The fraction of sp³-hybridized carbons (Fsp3) is 0.667. The van der Waals surface area contributed by atoms with Gasteiger partial charge in [-0.25, -0.2) is 4.98 Å². The molecule has 0 aromatic carbocycles. The number of hydrogen-bond acceptors (Lipinski definition) is 6. The Morgan fingerprint density at radius 3 is 2.54 bits per heavy atom. The van der Waals surface area contributed by atoms with Gasteiger partial charge in [0, 0.05) is 57.8 Å². The van der Waals surface area contributed by atoms with Crippen molar-refractivity contribution in [3.63, 3.8) is 0 Å². The van der Waals surface area contributed by atoms with Crippen molar-refractivity contribution in [3.05, 3.63) is 24.3 Å². The monoisotopic (exact) mass is 362 g/mol. The first kappa shape index (κ1) is 18.7. The fourth-order valence-electron chi connectivity index (χ4n) is 3.43. The summed E-state index contributed by atoms with van der Waals surface area (Å²) in [7, 11) is 0. The molecule has 2 saturated heterocycles. The average Bonchev–Trinajstić information content (AvgIpc) is 3.13. The largest absolute Gasteiger partial charge is 0.347 e. The van der Waals surface area contributed by atoms with Gasteiger partial charge in [-0.15, -0.1) is 0 Å². The van der Waals surface area contributed by atoms with Crippen molar-refractivity contribution in [2.75, 3.05) is 39.4 Å². The maximum absolute atomic E-state index is 12.6. The molecule has 0 radical (unpaired) electrons. The second kappa shape index (κ2) is 8.55. The highest BCUT2D eigenvalue weighted by atomic mass is 16.7. The molecule has 8 heteroatoms. The fourth-order valence-corrected chi connectivity index (χ4v) is 3.43. The van der Waals surface area contributed by atoms with E-state index in [2.05, 4.69) is 9.97 Å². The molecule has 0 unspecified atom stereocenters. The topological polar surface area (TPSA) is 84.9 Å². The molecule has 26 heavy (non-hydrogen) atoms. The van der Waals surface area contributed by atoms with Crippen LogP contribution in [0.25, 0.3) is 0 Å². The minimum atomic E-state index is -0.479. The Labute approximate surface area is 153 Å². The van der Waals surface area contributed by atoms with Crippen molar-refractivity contribution >= 4 is 11.8 Å². The number of rotatable bonds is 6. The Morgan fingerprint density at radius 1 is 1.19 bits per heavy atom. The molecular formula is C18H26N4O4. The van der Waals surface area contributed by atoms with E-state index in [1.165, 1.54) is 18.6 Å². The van der Waals surface area contributed by atoms with E-state index < -0.39 is 5.79 Å². The second-order valence-corrected chi connectivity index (χ2v) is 6.62. The van der Waals surface area contributed by atoms with Crippen molar-refractivity contribution in [3.8, 4) is 0 Å². The van der Waals surface area contributed by atoms with Crippen LogP contribution in [0.15, 0.2) is 18.6 Å². The number of ether oxygens (including phenoxy) is 2.